The molecule has 1 aromatic rings. The summed E-state index contributed by atoms with van der Waals surface area (Å²) in [6.45, 7) is 5.08. The van der Waals surface area contributed by atoms with Crippen LogP contribution in [-0.4, -0.2) is 17.6 Å². The molecule has 48 valence electrons. The van der Waals surface area contributed by atoms with Crippen LogP contribution in [0.1, 0.15) is 12.6 Å². The summed E-state index contributed by atoms with van der Waals surface area (Å²) in [5.41, 5.74) is 2.35. The van der Waals surface area contributed by atoms with Crippen LogP contribution in [0.2, 0.25) is 0 Å². The van der Waals surface area contributed by atoms with Crippen molar-refractivity contribution in [2.24, 2.45) is 0 Å². The Balaban J connectivity index is 3.01. The molecule has 0 aliphatic heterocycles. The van der Waals surface area contributed by atoms with E-state index < -0.39 is 0 Å². The van der Waals surface area contributed by atoms with E-state index in [9.17, 15) is 0 Å². The van der Waals surface area contributed by atoms with Gasteiger partial charge in [-0.1, -0.05) is 0 Å². The van der Waals surface area contributed by atoms with E-state index in [2.05, 4.69) is 25.9 Å². The van der Waals surface area contributed by atoms with Gasteiger partial charge in [0.2, 0.25) is 0 Å². The van der Waals surface area contributed by atoms with Crippen LogP contribution in [0.15, 0.2) is 6.07 Å². The second-order valence-electron chi connectivity index (χ2n) is 2.24. The van der Waals surface area contributed by atoms with Gasteiger partial charge in [-0.15, -0.1) is 0 Å². The number of aromatic nitrogens is 2. The lowest BCUT2D eigenvalue weighted by atomic mass is 10.1. The summed E-state index contributed by atoms with van der Waals surface area (Å²) < 4.78 is 2.00. The van der Waals surface area contributed by atoms with Gasteiger partial charge >= 0.3 is 0 Å². The maximum absolute atomic E-state index is 4.25. The van der Waals surface area contributed by atoms with Crippen molar-refractivity contribution in [2.75, 3.05) is 0 Å². The summed E-state index contributed by atoms with van der Waals surface area (Å²) in [5.74, 6) is 0. The lowest BCUT2D eigenvalue weighted by Gasteiger charge is -1.95. The average Bonchev–Trinajstić information content (AvgIpc) is 2.10. The lowest BCUT2D eigenvalue weighted by Crippen LogP contribution is -2.16. The molecule has 0 saturated heterocycles. The molecule has 1 rings (SSSR count). The maximum Gasteiger partial charge on any atom is 0.163 e. The Labute approximate surface area is 56.3 Å². The normalized spacial score (nSPS) is 10.0. The van der Waals surface area contributed by atoms with Crippen molar-refractivity contribution in [3.05, 3.63) is 11.8 Å². The van der Waals surface area contributed by atoms with Gasteiger partial charge in [-0.05, 0) is 25.5 Å². The fourth-order valence-corrected chi connectivity index (χ4v) is 0.995. The van der Waals surface area contributed by atoms with Crippen molar-refractivity contribution < 1.29 is 0 Å². The standard InChI is InChI=1S/C6H11BN2/c1-3-9-6(7)4-5(2)8-9/h4H,3,7H2,1-2H3. The van der Waals surface area contributed by atoms with Crippen LogP contribution >= 0.6 is 0 Å². The molecule has 0 fully saturated rings. The molecule has 0 aromatic carbocycles. The Hall–Kier alpha value is -0.725. The second-order valence-corrected chi connectivity index (χ2v) is 2.24. The van der Waals surface area contributed by atoms with E-state index in [1.54, 1.807) is 0 Å². The fraction of sp³-hybridized carbons (Fsp3) is 0.500. The van der Waals surface area contributed by atoms with Gasteiger partial charge in [0.1, 0.15) is 0 Å². The minimum Gasteiger partial charge on any atom is -0.280 e. The summed E-state index contributed by atoms with van der Waals surface area (Å²) in [7, 11) is 2.07. The van der Waals surface area contributed by atoms with E-state index in [-0.39, 0.29) is 0 Å². The Bertz CT molecular complexity index is 205. The highest BCUT2D eigenvalue weighted by Gasteiger charge is 1.94. The number of hydrogen-bond donors (Lipinski definition) is 0. The van der Waals surface area contributed by atoms with Crippen LogP contribution in [0.5, 0.6) is 0 Å². The Morgan fingerprint density at radius 1 is 1.78 bits per heavy atom. The molecule has 9 heavy (non-hydrogen) atoms. The third kappa shape index (κ3) is 1.15. The van der Waals surface area contributed by atoms with Crippen LogP contribution in [0, 0.1) is 6.92 Å². The molecule has 0 radical (unpaired) electrons. The minimum absolute atomic E-state index is 0.972. The van der Waals surface area contributed by atoms with Gasteiger partial charge in [-0.2, -0.15) is 5.10 Å². The molecule has 0 unspecified atom stereocenters. The van der Waals surface area contributed by atoms with Crippen molar-refractivity contribution in [2.45, 2.75) is 20.4 Å². The van der Waals surface area contributed by atoms with E-state index in [1.165, 1.54) is 5.59 Å². The van der Waals surface area contributed by atoms with Gasteiger partial charge in [-0.25, -0.2) is 0 Å². The molecule has 0 aliphatic rings. The Morgan fingerprint density at radius 3 is 2.67 bits per heavy atom. The minimum atomic E-state index is 0.972. The third-order valence-corrected chi connectivity index (χ3v) is 1.40. The highest BCUT2D eigenvalue weighted by molar-refractivity contribution is 6.30. The van der Waals surface area contributed by atoms with Crippen molar-refractivity contribution in [3.63, 3.8) is 0 Å². The third-order valence-electron chi connectivity index (χ3n) is 1.40. The SMILES string of the molecule is Bc1cc(C)nn1CC. The first-order valence-electron chi connectivity index (χ1n) is 3.25. The van der Waals surface area contributed by atoms with Gasteiger partial charge < -0.3 is 0 Å². The lowest BCUT2D eigenvalue weighted by molar-refractivity contribution is 0.670. The smallest absolute Gasteiger partial charge is 0.163 e. The first-order valence-corrected chi connectivity index (χ1v) is 3.25. The predicted molar refractivity (Wildman–Crippen MR) is 40.8 cm³/mol. The second kappa shape index (κ2) is 2.25. The summed E-state index contributed by atoms with van der Waals surface area (Å²) >= 11 is 0. The molecule has 3 heteroatoms. The highest BCUT2D eigenvalue weighted by atomic mass is 15.3. The number of rotatable bonds is 1. The van der Waals surface area contributed by atoms with Crippen LogP contribution in [0.4, 0.5) is 0 Å². The maximum atomic E-state index is 4.25. The molecule has 0 aliphatic carbocycles. The number of hydrogen-bond acceptors (Lipinski definition) is 1. The van der Waals surface area contributed by atoms with E-state index in [1.807, 2.05) is 11.6 Å². The average molecular weight is 122 g/mol. The van der Waals surface area contributed by atoms with Crippen molar-refractivity contribution in [3.8, 4) is 0 Å². The molecule has 1 aromatic heterocycles. The first-order chi connectivity index (χ1) is 4.24. The zero-order chi connectivity index (χ0) is 6.85. The molecular formula is C6H11BN2. The zero-order valence-electron chi connectivity index (χ0n) is 6.18. The molecule has 0 spiro atoms. The summed E-state index contributed by atoms with van der Waals surface area (Å²) in [5, 5.41) is 4.25. The van der Waals surface area contributed by atoms with Crippen LogP contribution < -0.4 is 5.59 Å². The zero-order valence-corrected chi connectivity index (χ0v) is 6.18. The molecule has 2 nitrogen and oxygen atoms in total. The van der Waals surface area contributed by atoms with Gasteiger partial charge in [0.05, 0.1) is 5.69 Å². The summed E-state index contributed by atoms with van der Waals surface area (Å²) in [6, 6.07) is 2.09. The number of nitrogens with zero attached hydrogens (tertiary/aromatic N) is 2. The van der Waals surface area contributed by atoms with E-state index in [0.717, 1.165) is 12.2 Å². The van der Waals surface area contributed by atoms with Crippen molar-refractivity contribution in [1.82, 2.24) is 9.78 Å². The van der Waals surface area contributed by atoms with Crippen LogP contribution in [0.3, 0.4) is 0 Å². The molecule has 0 bridgehead atoms. The van der Waals surface area contributed by atoms with Crippen molar-refractivity contribution >= 4 is 13.4 Å². The molecule has 1 heterocycles. The fourth-order valence-electron chi connectivity index (χ4n) is 0.995. The summed E-state index contributed by atoms with van der Waals surface area (Å²) in [4.78, 5) is 0. The van der Waals surface area contributed by atoms with Crippen molar-refractivity contribution in [1.29, 1.82) is 0 Å². The quantitative estimate of drug-likeness (QED) is 0.458. The largest absolute Gasteiger partial charge is 0.280 e. The first kappa shape index (κ1) is 6.40. The Morgan fingerprint density at radius 2 is 2.44 bits per heavy atom. The topological polar surface area (TPSA) is 17.8 Å². The van der Waals surface area contributed by atoms with E-state index >= 15 is 0 Å². The van der Waals surface area contributed by atoms with Gasteiger partial charge in [-0.3, -0.25) is 4.68 Å². The van der Waals surface area contributed by atoms with Gasteiger partial charge in [0, 0.05) is 6.54 Å². The van der Waals surface area contributed by atoms with Crippen LogP contribution in [-0.2, 0) is 6.54 Å². The van der Waals surface area contributed by atoms with Gasteiger partial charge in [0.25, 0.3) is 0 Å². The van der Waals surface area contributed by atoms with Crippen LogP contribution in [0.25, 0.3) is 0 Å². The molecule has 0 atom stereocenters. The number of aryl methyl sites for hydroxylation is 2. The van der Waals surface area contributed by atoms with E-state index in [4.69, 9.17) is 0 Å². The monoisotopic (exact) mass is 122 g/mol. The van der Waals surface area contributed by atoms with Gasteiger partial charge in [0.15, 0.2) is 7.85 Å². The molecule has 0 amide bonds. The molecule has 0 saturated carbocycles. The molecule has 0 N–H and O–H groups in total. The molecular weight excluding hydrogens is 111 g/mol. The Kier molecular flexibility index (Phi) is 1.60. The predicted octanol–water partition coefficient (Wildman–Crippen LogP) is -0.530. The highest BCUT2D eigenvalue weighted by Crippen LogP contribution is 1.87. The summed E-state index contributed by atoms with van der Waals surface area (Å²) in [6.07, 6.45) is 0. The van der Waals surface area contributed by atoms with E-state index in [0.29, 0.717) is 0 Å².